The van der Waals surface area contributed by atoms with Crippen LogP contribution < -0.4 is 5.32 Å². The molecular weight excluding hydrogens is 362 g/mol. The fourth-order valence-electron chi connectivity index (χ4n) is 2.84. The molecule has 27 heavy (non-hydrogen) atoms. The maximum absolute atomic E-state index is 12.7. The van der Waals surface area contributed by atoms with Crippen LogP contribution in [0, 0.1) is 0 Å². The number of imidazole rings is 2. The number of fused-ring (bicyclic) bond motifs is 1. The maximum atomic E-state index is 12.7. The van der Waals surface area contributed by atoms with Gasteiger partial charge in [0.2, 0.25) is 0 Å². The Morgan fingerprint density at radius 2 is 2.26 bits per heavy atom. The van der Waals surface area contributed by atoms with Gasteiger partial charge in [0, 0.05) is 32.6 Å². The highest BCUT2D eigenvalue weighted by Crippen LogP contribution is 2.21. The average molecular weight is 381 g/mol. The zero-order chi connectivity index (χ0) is 18.6. The molecule has 1 amide bonds. The molecule has 0 saturated carbocycles. The highest BCUT2D eigenvalue weighted by Gasteiger charge is 2.19. The molecule has 0 bridgehead atoms. The summed E-state index contributed by atoms with van der Waals surface area (Å²) in [6.45, 7) is 1.80. The number of nitrogens with one attached hydrogen (secondary N) is 1. The van der Waals surface area contributed by atoms with Crippen molar-refractivity contribution in [1.29, 1.82) is 0 Å². The molecule has 0 aliphatic carbocycles. The second-order valence-electron chi connectivity index (χ2n) is 6.04. The molecule has 4 rings (SSSR count). The Labute approximate surface area is 160 Å². The van der Waals surface area contributed by atoms with Crippen molar-refractivity contribution in [2.75, 3.05) is 13.7 Å². The number of rotatable bonds is 7. The zero-order valence-electron chi connectivity index (χ0n) is 14.8. The van der Waals surface area contributed by atoms with Gasteiger partial charge in [0.1, 0.15) is 5.69 Å². The number of thiophene rings is 1. The predicted octanol–water partition coefficient (Wildman–Crippen LogP) is 2.84. The Hall–Kier alpha value is -2.97. The van der Waals surface area contributed by atoms with E-state index in [1.54, 1.807) is 24.8 Å². The van der Waals surface area contributed by atoms with Crippen LogP contribution >= 0.6 is 11.3 Å². The number of hydrogen-bond acceptors (Lipinski definition) is 5. The van der Waals surface area contributed by atoms with Crippen molar-refractivity contribution in [3.8, 4) is 11.5 Å². The van der Waals surface area contributed by atoms with E-state index >= 15 is 0 Å². The number of aromatic nitrogens is 4. The van der Waals surface area contributed by atoms with Crippen molar-refractivity contribution in [1.82, 2.24) is 24.3 Å². The van der Waals surface area contributed by atoms with Gasteiger partial charge in [-0.25, -0.2) is 9.97 Å². The third-order valence-corrected chi connectivity index (χ3v) is 4.94. The summed E-state index contributed by atoms with van der Waals surface area (Å²) in [7, 11) is 1.67. The minimum Gasteiger partial charge on any atom is -0.383 e. The van der Waals surface area contributed by atoms with Crippen LogP contribution in [0.3, 0.4) is 0 Å². The second kappa shape index (κ2) is 7.73. The average Bonchev–Trinajstić information content (AvgIpc) is 3.43. The van der Waals surface area contributed by atoms with E-state index in [2.05, 4.69) is 15.3 Å². The van der Waals surface area contributed by atoms with E-state index in [9.17, 15) is 4.79 Å². The summed E-state index contributed by atoms with van der Waals surface area (Å²) >= 11 is 1.61. The molecule has 4 aromatic heterocycles. The molecule has 0 atom stereocenters. The van der Waals surface area contributed by atoms with E-state index in [4.69, 9.17) is 4.74 Å². The molecule has 4 aromatic rings. The molecule has 8 heteroatoms. The molecule has 0 aliphatic rings. The molecular formula is C19H19N5O2S. The zero-order valence-corrected chi connectivity index (χ0v) is 15.6. The van der Waals surface area contributed by atoms with Gasteiger partial charge in [0.15, 0.2) is 11.5 Å². The summed E-state index contributed by atoms with van der Waals surface area (Å²) in [5, 5.41) is 6.95. The molecule has 0 aromatic carbocycles. The van der Waals surface area contributed by atoms with Crippen LogP contribution in [0.1, 0.15) is 16.1 Å². The lowest BCUT2D eigenvalue weighted by molar-refractivity contribution is 0.0948. The number of pyridine rings is 1. The first-order chi connectivity index (χ1) is 13.3. The van der Waals surface area contributed by atoms with Crippen LogP contribution in [0.15, 0.2) is 53.7 Å². The lowest BCUT2D eigenvalue weighted by Gasteiger charge is -2.01. The third-order valence-electron chi connectivity index (χ3n) is 4.21. The number of carbonyl (C=O) groups excluding carboxylic acids is 1. The Morgan fingerprint density at radius 3 is 3.07 bits per heavy atom. The van der Waals surface area contributed by atoms with E-state index in [0.29, 0.717) is 36.9 Å². The van der Waals surface area contributed by atoms with Crippen LogP contribution in [-0.2, 0) is 17.8 Å². The number of carbonyl (C=O) groups is 1. The molecule has 0 spiro atoms. The van der Waals surface area contributed by atoms with E-state index < -0.39 is 0 Å². The third kappa shape index (κ3) is 3.62. The molecule has 0 unspecified atom stereocenters. The van der Waals surface area contributed by atoms with Crippen LogP contribution in [0.5, 0.6) is 0 Å². The molecule has 138 valence electrons. The first kappa shape index (κ1) is 17.4. The standard InChI is InChI=1S/C19H19N5O2S/c1-26-8-7-23-11-15(21-13-23)18-22-17(16-4-2-3-6-24(16)18)19(25)20-10-14-5-9-27-12-14/h2-6,9,11-13H,7-8,10H2,1H3,(H,20,25). The number of amides is 1. The predicted molar refractivity (Wildman–Crippen MR) is 104 cm³/mol. The number of nitrogens with zero attached hydrogens (tertiary/aromatic N) is 4. The second-order valence-corrected chi connectivity index (χ2v) is 6.82. The molecule has 0 saturated heterocycles. The van der Waals surface area contributed by atoms with Gasteiger partial charge in [0.05, 0.1) is 18.5 Å². The summed E-state index contributed by atoms with van der Waals surface area (Å²) in [6, 6.07) is 7.69. The van der Waals surface area contributed by atoms with Crippen LogP contribution in [0.2, 0.25) is 0 Å². The number of methoxy groups -OCH3 is 1. The molecule has 1 N–H and O–H groups in total. The summed E-state index contributed by atoms with van der Waals surface area (Å²) in [5.74, 6) is 0.442. The first-order valence-corrected chi connectivity index (χ1v) is 9.48. The van der Waals surface area contributed by atoms with E-state index in [1.807, 2.05) is 56.4 Å². The van der Waals surface area contributed by atoms with Gasteiger partial charge < -0.3 is 14.6 Å². The van der Waals surface area contributed by atoms with Crippen molar-refractivity contribution in [2.24, 2.45) is 0 Å². The van der Waals surface area contributed by atoms with Gasteiger partial charge in [-0.15, -0.1) is 0 Å². The van der Waals surface area contributed by atoms with Crippen molar-refractivity contribution < 1.29 is 9.53 Å². The fourth-order valence-corrected chi connectivity index (χ4v) is 3.51. The summed E-state index contributed by atoms with van der Waals surface area (Å²) < 4.78 is 8.94. The Balaban J connectivity index is 1.64. The van der Waals surface area contributed by atoms with E-state index in [1.165, 1.54) is 0 Å². The molecule has 0 aliphatic heterocycles. The van der Waals surface area contributed by atoms with Crippen LogP contribution in [0.4, 0.5) is 0 Å². The van der Waals surface area contributed by atoms with Crippen LogP contribution in [0.25, 0.3) is 17.0 Å². The number of hydrogen-bond donors (Lipinski definition) is 1. The normalized spacial score (nSPS) is 11.1. The van der Waals surface area contributed by atoms with Gasteiger partial charge in [0.25, 0.3) is 5.91 Å². The summed E-state index contributed by atoms with van der Waals surface area (Å²) in [4.78, 5) is 21.8. The highest BCUT2D eigenvalue weighted by molar-refractivity contribution is 7.07. The SMILES string of the molecule is COCCn1cnc(-c2nc(C(=O)NCc3ccsc3)c3ccccn23)c1. The molecule has 4 heterocycles. The minimum atomic E-state index is -0.199. The largest absolute Gasteiger partial charge is 0.383 e. The molecule has 0 radical (unpaired) electrons. The Bertz CT molecular complexity index is 1050. The van der Waals surface area contributed by atoms with Gasteiger partial charge in [-0.2, -0.15) is 11.3 Å². The minimum absolute atomic E-state index is 0.199. The fraction of sp³-hybridized carbons (Fsp3) is 0.211. The lowest BCUT2D eigenvalue weighted by atomic mass is 10.3. The van der Waals surface area contributed by atoms with Gasteiger partial charge in [-0.05, 0) is 34.5 Å². The van der Waals surface area contributed by atoms with Crippen molar-refractivity contribution in [2.45, 2.75) is 13.1 Å². The maximum Gasteiger partial charge on any atom is 0.272 e. The Kier molecular flexibility index (Phi) is 4.99. The van der Waals surface area contributed by atoms with Crippen molar-refractivity contribution >= 4 is 22.8 Å². The lowest BCUT2D eigenvalue weighted by Crippen LogP contribution is -2.23. The van der Waals surface area contributed by atoms with Crippen LogP contribution in [-0.4, -0.2) is 38.6 Å². The highest BCUT2D eigenvalue weighted by atomic mass is 32.1. The van der Waals surface area contributed by atoms with Crippen molar-refractivity contribution in [3.63, 3.8) is 0 Å². The Morgan fingerprint density at radius 1 is 1.33 bits per heavy atom. The summed E-state index contributed by atoms with van der Waals surface area (Å²) in [5.41, 5.74) is 2.94. The van der Waals surface area contributed by atoms with Gasteiger partial charge >= 0.3 is 0 Å². The quantitative estimate of drug-likeness (QED) is 0.534. The monoisotopic (exact) mass is 381 g/mol. The van der Waals surface area contributed by atoms with E-state index in [0.717, 1.165) is 11.1 Å². The smallest absolute Gasteiger partial charge is 0.272 e. The number of ether oxygens (including phenoxy) is 1. The van der Waals surface area contributed by atoms with Crippen molar-refractivity contribution in [3.05, 3.63) is 65.0 Å². The van der Waals surface area contributed by atoms with Gasteiger partial charge in [-0.3, -0.25) is 9.20 Å². The van der Waals surface area contributed by atoms with E-state index in [-0.39, 0.29) is 5.91 Å². The topological polar surface area (TPSA) is 73.4 Å². The molecule has 7 nitrogen and oxygen atoms in total. The summed E-state index contributed by atoms with van der Waals surface area (Å²) in [6.07, 6.45) is 5.55. The van der Waals surface area contributed by atoms with Gasteiger partial charge in [-0.1, -0.05) is 6.07 Å². The first-order valence-electron chi connectivity index (χ1n) is 8.53. The molecule has 0 fully saturated rings.